The number of nitrogens with one attached hydrogen (secondary N) is 1. The lowest BCUT2D eigenvalue weighted by atomic mass is 9.87. The van der Waals surface area contributed by atoms with Gasteiger partial charge in [0.2, 0.25) is 0 Å². The van der Waals surface area contributed by atoms with E-state index in [-0.39, 0.29) is 18.7 Å². The number of aliphatic hydroxyl groups excluding tert-OH is 1. The zero-order valence-corrected chi connectivity index (χ0v) is 14.5. The molecule has 1 saturated heterocycles. The van der Waals surface area contributed by atoms with Crippen molar-refractivity contribution in [1.29, 1.82) is 0 Å². The molecule has 1 aromatic heterocycles. The maximum absolute atomic E-state index is 12.8. The molecule has 23 heavy (non-hydrogen) atoms. The lowest BCUT2D eigenvalue weighted by molar-refractivity contribution is 0.0664. The molecular formula is C18H29N3O2. The summed E-state index contributed by atoms with van der Waals surface area (Å²) in [6.45, 7) is 7.08. The summed E-state index contributed by atoms with van der Waals surface area (Å²) in [6, 6.07) is 3.78. The molecule has 2 atom stereocenters. The number of pyridine rings is 1. The van der Waals surface area contributed by atoms with Crippen molar-refractivity contribution in [2.24, 2.45) is 5.92 Å². The Hall–Kier alpha value is -1.62. The molecule has 1 fully saturated rings. The molecule has 0 aromatic carbocycles. The maximum atomic E-state index is 12.8. The van der Waals surface area contributed by atoms with Crippen molar-refractivity contribution in [2.45, 2.75) is 58.0 Å². The summed E-state index contributed by atoms with van der Waals surface area (Å²) >= 11 is 0. The number of carbonyl (C=O) groups excluding carboxylic acids is 1. The number of carbonyl (C=O) groups is 1. The lowest BCUT2D eigenvalue weighted by Crippen LogP contribution is -2.54. The van der Waals surface area contributed by atoms with E-state index >= 15 is 0 Å². The molecule has 0 aliphatic carbocycles. The molecule has 0 radical (unpaired) electrons. The maximum Gasteiger partial charge on any atom is 0.318 e. The topological polar surface area (TPSA) is 65.5 Å². The highest BCUT2D eigenvalue weighted by atomic mass is 16.3. The van der Waals surface area contributed by atoms with Crippen molar-refractivity contribution in [2.75, 3.05) is 13.2 Å². The third kappa shape index (κ3) is 4.02. The van der Waals surface area contributed by atoms with Gasteiger partial charge in [0.25, 0.3) is 0 Å². The zero-order valence-electron chi connectivity index (χ0n) is 14.5. The summed E-state index contributed by atoms with van der Waals surface area (Å²) in [5, 5.41) is 13.1. The fraction of sp³-hybridized carbons (Fsp3) is 0.667. The third-order valence-electron chi connectivity index (χ3n) is 4.74. The van der Waals surface area contributed by atoms with E-state index in [2.05, 4.69) is 31.1 Å². The molecule has 0 bridgehead atoms. The summed E-state index contributed by atoms with van der Waals surface area (Å²) in [7, 11) is 0. The first-order valence-corrected chi connectivity index (χ1v) is 8.61. The number of aromatic nitrogens is 1. The molecule has 2 unspecified atom stereocenters. The Bertz CT molecular complexity index is 506. The van der Waals surface area contributed by atoms with Crippen LogP contribution in [0.1, 0.15) is 58.1 Å². The molecule has 5 heteroatoms. The lowest BCUT2D eigenvalue weighted by Gasteiger charge is -2.39. The van der Waals surface area contributed by atoms with E-state index in [1.54, 1.807) is 12.4 Å². The summed E-state index contributed by atoms with van der Waals surface area (Å²) in [6.07, 6.45) is 6.98. The van der Waals surface area contributed by atoms with E-state index in [0.717, 1.165) is 31.2 Å². The van der Waals surface area contributed by atoms with E-state index in [1.807, 2.05) is 17.0 Å². The fourth-order valence-electron chi connectivity index (χ4n) is 3.70. The summed E-state index contributed by atoms with van der Waals surface area (Å²) in [5.41, 5.74) is 0.655. The third-order valence-corrected chi connectivity index (χ3v) is 4.74. The van der Waals surface area contributed by atoms with Gasteiger partial charge in [-0.15, -0.1) is 0 Å². The Morgan fingerprint density at radius 3 is 2.70 bits per heavy atom. The van der Waals surface area contributed by atoms with Crippen molar-refractivity contribution in [1.82, 2.24) is 15.2 Å². The van der Waals surface area contributed by atoms with Gasteiger partial charge in [0.1, 0.15) is 0 Å². The monoisotopic (exact) mass is 319 g/mol. The van der Waals surface area contributed by atoms with Gasteiger partial charge in [0, 0.05) is 18.9 Å². The minimum Gasteiger partial charge on any atom is -0.394 e. The van der Waals surface area contributed by atoms with Crippen LogP contribution in [0.5, 0.6) is 0 Å². The predicted molar refractivity (Wildman–Crippen MR) is 91.0 cm³/mol. The van der Waals surface area contributed by atoms with Crippen LogP contribution >= 0.6 is 0 Å². The van der Waals surface area contributed by atoms with Gasteiger partial charge in [-0.05, 0) is 49.3 Å². The van der Waals surface area contributed by atoms with Crippen molar-refractivity contribution in [3.05, 3.63) is 30.1 Å². The van der Waals surface area contributed by atoms with Gasteiger partial charge in [0.05, 0.1) is 18.2 Å². The van der Waals surface area contributed by atoms with Crippen molar-refractivity contribution < 1.29 is 9.90 Å². The molecule has 0 saturated carbocycles. The average Bonchev–Trinajstić information content (AvgIpc) is 2.96. The molecular weight excluding hydrogens is 290 g/mol. The minimum absolute atomic E-state index is 0.0263. The van der Waals surface area contributed by atoms with E-state index in [0.29, 0.717) is 12.5 Å². The molecule has 1 aliphatic rings. The second-order valence-corrected chi connectivity index (χ2v) is 6.93. The van der Waals surface area contributed by atoms with E-state index in [4.69, 9.17) is 0 Å². The Morgan fingerprint density at radius 2 is 2.13 bits per heavy atom. The highest BCUT2D eigenvalue weighted by Gasteiger charge is 2.43. The van der Waals surface area contributed by atoms with Gasteiger partial charge in [-0.2, -0.15) is 0 Å². The summed E-state index contributed by atoms with van der Waals surface area (Å²) < 4.78 is 0. The van der Waals surface area contributed by atoms with Crippen LogP contribution in [0.25, 0.3) is 0 Å². The van der Waals surface area contributed by atoms with Crippen LogP contribution in [0.4, 0.5) is 4.79 Å². The van der Waals surface area contributed by atoms with Crippen molar-refractivity contribution in [3.8, 4) is 0 Å². The highest BCUT2D eigenvalue weighted by molar-refractivity contribution is 5.76. The van der Waals surface area contributed by atoms with Crippen LogP contribution in [0, 0.1) is 5.92 Å². The summed E-state index contributed by atoms with van der Waals surface area (Å²) in [5.74, 6) is 0.442. The number of nitrogens with zero attached hydrogens (tertiary/aromatic N) is 2. The normalized spacial score (nSPS) is 22.4. The Balaban J connectivity index is 2.12. The van der Waals surface area contributed by atoms with Gasteiger partial charge >= 0.3 is 6.03 Å². The minimum atomic E-state index is -0.408. The van der Waals surface area contributed by atoms with Gasteiger partial charge in [-0.1, -0.05) is 20.8 Å². The fourth-order valence-corrected chi connectivity index (χ4v) is 3.70. The molecule has 1 aliphatic heterocycles. The highest BCUT2D eigenvalue weighted by Crippen LogP contribution is 2.35. The van der Waals surface area contributed by atoms with Crippen LogP contribution < -0.4 is 5.32 Å². The quantitative estimate of drug-likeness (QED) is 0.846. The van der Waals surface area contributed by atoms with Crippen LogP contribution in [0.2, 0.25) is 0 Å². The molecule has 128 valence electrons. The number of likely N-dealkylation sites (tertiary alicyclic amines) is 1. The van der Waals surface area contributed by atoms with E-state index in [9.17, 15) is 9.90 Å². The molecule has 2 N–H and O–H groups in total. The first-order chi connectivity index (χ1) is 11.0. The number of amides is 2. The van der Waals surface area contributed by atoms with E-state index < -0.39 is 5.54 Å². The Morgan fingerprint density at radius 1 is 1.43 bits per heavy atom. The first-order valence-electron chi connectivity index (χ1n) is 8.61. The average molecular weight is 319 g/mol. The number of rotatable bonds is 6. The van der Waals surface area contributed by atoms with Gasteiger partial charge < -0.3 is 15.3 Å². The van der Waals surface area contributed by atoms with Crippen molar-refractivity contribution in [3.63, 3.8) is 0 Å². The smallest absolute Gasteiger partial charge is 0.318 e. The zero-order chi connectivity index (χ0) is 16.9. The van der Waals surface area contributed by atoms with Crippen LogP contribution in [-0.2, 0) is 0 Å². The van der Waals surface area contributed by atoms with Crippen LogP contribution in [-0.4, -0.2) is 39.7 Å². The molecule has 2 amide bonds. The standard InChI is InChI=1S/C18H29N3O2/c1-4-16(15-6-9-19-10-7-15)20-17(23)21-11-5-8-18(21,13-22)12-14(2)3/h6-7,9-10,14,16,22H,4-5,8,11-13H2,1-3H3,(H,20,23). The van der Waals surface area contributed by atoms with Gasteiger partial charge in [-0.3, -0.25) is 4.98 Å². The Kier molecular flexibility index (Phi) is 5.99. The number of urea groups is 1. The summed E-state index contributed by atoms with van der Waals surface area (Å²) in [4.78, 5) is 18.7. The first kappa shape index (κ1) is 17.7. The second-order valence-electron chi connectivity index (χ2n) is 6.93. The molecule has 0 spiro atoms. The van der Waals surface area contributed by atoms with Crippen LogP contribution in [0.3, 0.4) is 0 Å². The van der Waals surface area contributed by atoms with Crippen molar-refractivity contribution >= 4 is 6.03 Å². The molecule has 2 rings (SSSR count). The number of hydrogen-bond acceptors (Lipinski definition) is 3. The SMILES string of the molecule is CCC(NC(=O)N1CCCC1(CO)CC(C)C)c1ccncc1. The number of hydrogen-bond donors (Lipinski definition) is 2. The predicted octanol–water partition coefficient (Wildman–Crippen LogP) is 3.12. The van der Waals surface area contributed by atoms with Crippen LogP contribution in [0.15, 0.2) is 24.5 Å². The van der Waals surface area contributed by atoms with E-state index in [1.165, 1.54) is 0 Å². The van der Waals surface area contributed by atoms with Gasteiger partial charge in [-0.25, -0.2) is 4.79 Å². The molecule has 5 nitrogen and oxygen atoms in total. The second kappa shape index (κ2) is 7.77. The number of aliphatic hydroxyl groups is 1. The largest absolute Gasteiger partial charge is 0.394 e. The molecule has 2 heterocycles. The Labute approximate surface area is 139 Å². The molecule has 1 aromatic rings. The van der Waals surface area contributed by atoms with Gasteiger partial charge in [0.15, 0.2) is 0 Å².